The van der Waals surface area contributed by atoms with Gasteiger partial charge in [-0.25, -0.2) is 0 Å². The summed E-state index contributed by atoms with van der Waals surface area (Å²) in [6.07, 6.45) is 3.70. The molecule has 2 N–H and O–H groups in total. The van der Waals surface area contributed by atoms with E-state index < -0.39 is 0 Å². The molecule has 1 atom stereocenters. The number of anilines is 1. The van der Waals surface area contributed by atoms with Gasteiger partial charge in [0.1, 0.15) is 0 Å². The molecular formula is C12H17ClN2. The fourth-order valence-corrected chi connectivity index (χ4v) is 2.07. The molecule has 1 fully saturated rings. The van der Waals surface area contributed by atoms with Crippen LogP contribution < -0.4 is 10.6 Å². The first-order chi connectivity index (χ1) is 7.34. The number of nitrogens with one attached hydrogen (secondary N) is 2. The van der Waals surface area contributed by atoms with E-state index in [0.29, 0.717) is 6.04 Å². The number of hydrogen-bond donors (Lipinski definition) is 2. The summed E-state index contributed by atoms with van der Waals surface area (Å²) in [4.78, 5) is 0. The standard InChI is InChI=1S/C12H17ClN2/c13-10-3-5-12(6-4-10)15-11-2-1-8-14-9-7-11/h3-6,11,14-15H,1-2,7-9H2. The Labute approximate surface area is 96.0 Å². The molecule has 15 heavy (non-hydrogen) atoms. The lowest BCUT2D eigenvalue weighted by atomic mass is 10.1. The SMILES string of the molecule is Clc1ccc(NC2CCCNCC2)cc1. The molecule has 0 amide bonds. The highest BCUT2D eigenvalue weighted by molar-refractivity contribution is 6.30. The van der Waals surface area contributed by atoms with Crippen molar-refractivity contribution in [1.29, 1.82) is 0 Å². The molecule has 1 unspecified atom stereocenters. The Morgan fingerprint density at radius 2 is 1.93 bits per heavy atom. The smallest absolute Gasteiger partial charge is 0.0407 e. The Hall–Kier alpha value is -0.730. The molecule has 82 valence electrons. The summed E-state index contributed by atoms with van der Waals surface area (Å²) in [5, 5.41) is 7.75. The molecule has 1 saturated heterocycles. The molecule has 0 spiro atoms. The summed E-state index contributed by atoms with van der Waals surface area (Å²) < 4.78 is 0. The van der Waals surface area contributed by atoms with E-state index in [2.05, 4.69) is 10.6 Å². The average molecular weight is 225 g/mol. The Morgan fingerprint density at radius 1 is 1.13 bits per heavy atom. The summed E-state index contributed by atoms with van der Waals surface area (Å²) in [5.74, 6) is 0. The van der Waals surface area contributed by atoms with Crippen molar-refractivity contribution < 1.29 is 0 Å². The largest absolute Gasteiger partial charge is 0.382 e. The molecular weight excluding hydrogens is 208 g/mol. The van der Waals surface area contributed by atoms with Crippen molar-refractivity contribution in [3.05, 3.63) is 29.3 Å². The highest BCUT2D eigenvalue weighted by Crippen LogP contribution is 2.17. The zero-order valence-electron chi connectivity index (χ0n) is 8.80. The van der Waals surface area contributed by atoms with Crippen LogP contribution in [0.2, 0.25) is 5.02 Å². The van der Waals surface area contributed by atoms with E-state index in [4.69, 9.17) is 11.6 Å². The lowest BCUT2D eigenvalue weighted by molar-refractivity contribution is 0.637. The van der Waals surface area contributed by atoms with Crippen molar-refractivity contribution in [2.24, 2.45) is 0 Å². The minimum absolute atomic E-state index is 0.598. The van der Waals surface area contributed by atoms with Gasteiger partial charge in [0, 0.05) is 16.8 Å². The lowest BCUT2D eigenvalue weighted by Gasteiger charge is -2.17. The summed E-state index contributed by atoms with van der Waals surface area (Å²) in [7, 11) is 0. The summed E-state index contributed by atoms with van der Waals surface area (Å²) >= 11 is 5.84. The topological polar surface area (TPSA) is 24.1 Å². The lowest BCUT2D eigenvalue weighted by Crippen LogP contribution is -2.21. The minimum atomic E-state index is 0.598. The molecule has 0 saturated carbocycles. The molecule has 0 radical (unpaired) electrons. The van der Waals surface area contributed by atoms with Crippen LogP contribution in [0.4, 0.5) is 5.69 Å². The van der Waals surface area contributed by atoms with Crippen molar-refractivity contribution >= 4 is 17.3 Å². The van der Waals surface area contributed by atoms with Gasteiger partial charge in [0.05, 0.1) is 0 Å². The average Bonchev–Trinajstić information content (AvgIpc) is 2.50. The van der Waals surface area contributed by atoms with E-state index in [9.17, 15) is 0 Å². The van der Waals surface area contributed by atoms with Gasteiger partial charge < -0.3 is 10.6 Å². The van der Waals surface area contributed by atoms with Crippen molar-refractivity contribution in [2.75, 3.05) is 18.4 Å². The van der Waals surface area contributed by atoms with Gasteiger partial charge in [0.2, 0.25) is 0 Å². The fraction of sp³-hybridized carbons (Fsp3) is 0.500. The van der Waals surface area contributed by atoms with Crippen molar-refractivity contribution in [3.63, 3.8) is 0 Å². The molecule has 2 rings (SSSR count). The maximum Gasteiger partial charge on any atom is 0.0407 e. The normalized spacial score (nSPS) is 22.1. The molecule has 1 aliphatic heterocycles. The minimum Gasteiger partial charge on any atom is -0.382 e. The maximum absolute atomic E-state index is 5.84. The van der Waals surface area contributed by atoms with Crippen LogP contribution in [0.25, 0.3) is 0 Å². The number of benzene rings is 1. The summed E-state index contributed by atoms with van der Waals surface area (Å²) in [6, 6.07) is 8.54. The fourth-order valence-electron chi connectivity index (χ4n) is 1.95. The number of hydrogen-bond acceptors (Lipinski definition) is 2. The predicted molar refractivity (Wildman–Crippen MR) is 65.6 cm³/mol. The molecule has 3 heteroatoms. The van der Waals surface area contributed by atoms with Crippen LogP contribution in [-0.4, -0.2) is 19.1 Å². The molecule has 1 heterocycles. The van der Waals surface area contributed by atoms with E-state index in [1.165, 1.54) is 24.9 Å². The molecule has 0 aromatic heterocycles. The third kappa shape index (κ3) is 3.40. The second-order valence-electron chi connectivity index (χ2n) is 4.03. The van der Waals surface area contributed by atoms with Crippen molar-refractivity contribution in [1.82, 2.24) is 5.32 Å². The molecule has 2 nitrogen and oxygen atoms in total. The number of halogens is 1. The monoisotopic (exact) mass is 224 g/mol. The first kappa shape index (κ1) is 10.8. The van der Waals surface area contributed by atoms with Crippen LogP contribution in [0.15, 0.2) is 24.3 Å². The quantitative estimate of drug-likeness (QED) is 0.807. The van der Waals surface area contributed by atoms with E-state index in [1.807, 2.05) is 24.3 Å². The van der Waals surface area contributed by atoms with Gasteiger partial charge in [0.15, 0.2) is 0 Å². The van der Waals surface area contributed by atoms with Crippen LogP contribution in [0.5, 0.6) is 0 Å². The van der Waals surface area contributed by atoms with Crippen LogP contribution in [-0.2, 0) is 0 Å². The zero-order chi connectivity index (χ0) is 10.5. The van der Waals surface area contributed by atoms with Crippen molar-refractivity contribution in [3.8, 4) is 0 Å². The zero-order valence-corrected chi connectivity index (χ0v) is 9.56. The summed E-state index contributed by atoms with van der Waals surface area (Å²) in [5.41, 5.74) is 1.17. The van der Waals surface area contributed by atoms with E-state index in [0.717, 1.165) is 18.1 Å². The van der Waals surface area contributed by atoms with Crippen LogP contribution in [0.3, 0.4) is 0 Å². The summed E-state index contributed by atoms with van der Waals surface area (Å²) in [6.45, 7) is 2.27. The van der Waals surface area contributed by atoms with Crippen LogP contribution in [0, 0.1) is 0 Å². The molecule has 1 aliphatic rings. The third-order valence-corrected chi connectivity index (χ3v) is 3.04. The predicted octanol–water partition coefficient (Wildman–Crippen LogP) is 2.89. The van der Waals surface area contributed by atoms with Gasteiger partial charge in [-0.15, -0.1) is 0 Å². The van der Waals surface area contributed by atoms with Gasteiger partial charge in [-0.05, 0) is 56.6 Å². The van der Waals surface area contributed by atoms with E-state index >= 15 is 0 Å². The van der Waals surface area contributed by atoms with Gasteiger partial charge in [-0.2, -0.15) is 0 Å². The molecule has 1 aromatic carbocycles. The van der Waals surface area contributed by atoms with Crippen molar-refractivity contribution in [2.45, 2.75) is 25.3 Å². The Bertz CT molecular complexity index is 289. The first-order valence-corrected chi connectivity index (χ1v) is 5.95. The van der Waals surface area contributed by atoms with Gasteiger partial charge in [0.25, 0.3) is 0 Å². The highest BCUT2D eigenvalue weighted by Gasteiger charge is 2.10. The Kier molecular flexibility index (Phi) is 3.87. The second-order valence-corrected chi connectivity index (χ2v) is 4.47. The van der Waals surface area contributed by atoms with Gasteiger partial charge >= 0.3 is 0 Å². The number of rotatable bonds is 2. The van der Waals surface area contributed by atoms with Gasteiger partial charge in [-0.1, -0.05) is 11.6 Å². The van der Waals surface area contributed by atoms with E-state index in [-0.39, 0.29) is 0 Å². The second kappa shape index (κ2) is 5.38. The van der Waals surface area contributed by atoms with Crippen LogP contribution >= 0.6 is 11.6 Å². The first-order valence-electron chi connectivity index (χ1n) is 5.57. The van der Waals surface area contributed by atoms with Gasteiger partial charge in [-0.3, -0.25) is 0 Å². The molecule has 0 bridgehead atoms. The highest BCUT2D eigenvalue weighted by atomic mass is 35.5. The Morgan fingerprint density at radius 3 is 2.73 bits per heavy atom. The third-order valence-electron chi connectivity index (χ3n) is 2.79. The molecule has 1 aromatic rings. The van der Waals surface area contributed by atoms with E-state index in [1.54, 1.807) is 0 Å². The maximum atomic E-state index is 5.84. The molecule has 0 aliphatic carbocycles. The Balaban J connectivity index is 1.92. The van der Waals surface area contributed by atoms with Crippen LogP contribution in [0.1, 0.15) is 19.3 Å².